The number of rotatable bonds is 9. The van der Waals surface area contributed by atoms with E-state index in [4.69, 9.17) is 9.73 Å². The van der Waals surface area contributed by atoms with Crippen molar-refractivity contribution in [1.29, 1.82) is 0 Å². The second-order valence-corrected chi connectivity index (χ2v) is 11.0. The number of aromatic hydroxyl groups is 1. The normalized spacial score (nSPS) is 15.2. The fourth-order valence-electron chi connectivity index (χ4n) is 5.22. The second kappa shape index (κ2) is 13.3. The van der Waals surface area contributed by atoms with Crippen molar-refractivity contribution in [3.63, 3.8) is 0 Å². The van der Waals surface area contributed by atoms with Gasteiger partial charge in [-0.25, -0.2) is 9.79 Å². The summed E-state index contributed by atoms with van der Waals surface area (Å²) in [4.78, 5) is 39.3. The molecule has 1 amide bonds. The number of aliphatic hydroxyl groups excluding tert-OH is 1. The van der Waals surface area contributed by atoms with Gasteiger partial charge in [0.15, 0.2) is 5.88 Å². The number of aliphatic imine (C=N–C) groups is 1. The molecule has 1 saturated heterocycles. The molecule has 4 aromatic rings. The van der Waals surface area contributed by atoms with Crippen LogP contribution in [-0.4, -0.2) is 103 Å². The van der Waals surface area contributed by atoms with Gasteiger partial charge in [-0.2, -0.15) is 0 Å². The zero-order valence-corrected chi connectivity index (χ0v) is 25.4. The molecular weight excluding hydrogens is 560 g/mol. The van der Waals surface area contributed by atoms with Crippen molar-refractivity contribution in [2.75, 3.05) is 64.1 Å². The van der Waals surface area contributed by atoms with Gasteiger partial charge in [-0.05, 0) is 68.6 Å². The standard InChI is InChI=1S/C33H38N6O5/c1-21(40)34-24-8-5-22(6-9-24)31(30-27-19-23(33(43)44-4)7-14-28(27)36-32(30)42)35-25-10-12-26(13-11-25)38(3)29(41)20-39-17-15-37(2)16-18-39/h5-14,19,21,34,36,40,42H,15-18,20H2,1-4H3. The highest BCUT2D eigenvalue weighted by Gasteiger charge is 2.22. The molecule has 230 valence electrons. The van der Waals surface area contributed by atoms with E-state index in [-0.39, 0.29) is 11.8 Å². The molecule has 1 aromatic heterocycles. The number of amides is 1. The van der Waals surface area contributed by atoms with Crippen molar-refractivity contribution in [3.8, 4) is 5.88 Å². The van der Waals surface area contributed by atoms with E-state index in [2.05, 4.69) is 27.1 Å². The second-order valence-electron chi connectivity index (χ2n) is 11.0. The summed E-state index contributed by atoms with van der Waals surface area (Å²) < 4.78 is 4.91. The number of carbonyl (C=O) groups is 2. The van der Waals surface area contributed by atoms with Crippen LogP contribution in [0.15, 0.2) is 71.7 Å². The van der Waals surface area contributed by atoms with Crippen LogP contribution >= 0.6 is 0 Å². The van der Waals surface area contributed by atoms with E-state index >= 15 is 0 Å². The van der Waals surface area contributed by atoms with E-state index in [9.17, 15) is 19.8 Å². The van der Waals surface area contributed by atoms with Gasteiger partial charge in [0.25, 0.3) is 0 Å². The predicted octanol–water partition coefficient (Wildman–Crippen LogP) is 3.79. The smallest absolute Gasteiger partial charge is 0.337 e. The summed E-state index contributed by atoms with van der Waals surface area (Å²) in [6, 6.07) is 19.6. The van der Waals surface area contributed by atoms with Crippen molar-refractivity contribution in [2.24, 2.45) is 4.99 Å². The van der Waals surface area contributed by atoms with Gasteiger partial charge >= 0.3 is 5.97 Å². The Hall–Kier alpha value is -4.71. The molecular formula is C33H38N6O5. The van der Waals surface area contributed by atoms with Crippen LogP contribution < -0.4 is 10.2 Å². The number of nitrogens with one attached hydrogen (secondary N) is 2. The molecule has 1 aliphatic rings. The minimum absolute atomic E-state index is 0.0162. The average Bonchev–Trinajstić information content (AvgIpc) is 3.35. The monoisotopic (exact) mass is 598 g/mol. The molecule has 44 heavy (non-hydrogen) atoms. The lowest BCUT2D eigenvalue weighted by atomic mass is 9.99. The van der Waals surface area contributed by atoms with Crippen LogP contribution in [0, 0.1) is 0 Å². The SMILES string of the molecule is COC(=O)c1ccc2[nH]c(O)c(C(=Nc3ccc(N(C)C(=O)CN4CCN(C)CC4)cc3)c3ccc(NC(C)O)cc3)c2c1. The Morgan fingerprint density at radius 3 is 2.32 bits per heavy atom. The number of hydrogen-bond donors (Lipinski definition) is 4. The largest absolute Gasteiger partial charge is 0.494 e. The maximum atomic E-state index is 13.0. The van der Waals surface area contributed by atoms with Crippen LogP contribution in [0.1, 0.15) is 28.4 Å². The van der Waals surface area contributed by atoms with Crippen molar-refractivity contribution in [2.45, 2.75) is 13.2 Å². The van der Waals surface area contributed by atoms with Crippen LogP contribution in [0.2, 0.25) is 0 Å². The van der Waals surface area contributed by atoms with Gasteiger partial charge in [0.2, 0.25) is 5.91 Å². The Morgan fingerprint density at radius 2 is 1.68 bits per heavy atom. The number of anilines is 2. The maximum Gasteiger partial charge on any atom is 0.337 e. The third-order valence-corrected chi connectivity index (χ3v) is 7.78. The number of benzene rings is 3. The highest BCUT2D eigenvalue weighted by atomic mass is 16.5. The number of nitrogens with zero attached hydrogens (tertiary/aromatic N) is 4. The highest BCUT2D eigenvalue weighted by Crippen LogP contribution is 2.33. The van der Waals surface area contributed by atoms with Gasteiger partial charge in [-0.15, -0.1) is 0 Å². The zero-order valence-electron chi connectivity index (χ0n) is 25.4. The molecule has 11 nitrogen and oxygen atoms in total. The van der Waals surface area contributed by atoms with Crippen LogP contribution in [-0.2, 0) is 9.53 Å². The third-order valence-electron chi connectivity index (χ3n) is 7.78. The number of aromatic amines is 1. The lowest BCUT2D eigenvalue weighted by Crippen LogP contribution is -2.48. The van der Waals surface area contributed by atoms with Crippen LogP contribution in [0.4, 0.5) is 17.1 Å². The number of esters is 1. The summed E-state index contributed by atoms with van der Waals surface area (Å²) >= 11 is 0. The van der Waals surface area contributed by atoms with Crippen molar-refractivity contribution < 1.29 is 24.5 Å². The number of fused-ring (bicyclic) bond motifs is 1. The molecule has 2 heterocycles. The number of carbonyl (C=O) groups excluding carboxylic acids is 2. The molecule has 3 aromatic carbocycles. The number of methoxy groups -OCH3 is 1. The molecule has 0 radical (unpaired) electrons. The van der Waals surface area contributed by atoms with E-state index in [1.807, 2.05) is 48.5 Å². The van der Waals surface area contributed by atoms with Gasteiger partial charge in [0.1, 0.15) is 6.23 Å². The van der Waals surface area contributed by atoms with E-state index in [1.54, 1.807) is 37.1 Å². The first-order chi connectivity index (χ1) is 21.1. The molecule has 5 rings (SSSR count). The maximum absolute atomic E-state index is 13.0. The Morgan fingerprint density at radius 1 is 1.02 bits per heavy atom. The number of H-pyrrole nitrogens is 1. The minimum Gasteiger partial charge on any atom is -0.494 e. The number of hydrogen-bond acceptors (Lipinski definition) is 9. The lowest BCUT2D eigenvalue weighted by molar-refractivity contribution is -0.119. The molecule has 0 bridgehead atoms. The van der Waals surface area contributed by atoms with Crippen molar-refractivity contribution >= 4 is 45.6 Å². The molecule has 1 fully saturated rings. The molecule has 0 aliphatic carbocycles. The molecule has 11 heteroatoms. The average molecular weight is 599 g/mol. The minimum atomic E-state index is -0.728. The molecule has 1 atom stereocenters. The van der Waals surface area contributed by atoms with E-state index in [1.165, 1.54) is 7.11 Å². The van der Waals surface area contributed by atoms with Crippen molar-refractivity contribution in [1.82, 2.24) is 14.8 Å². The van der Waals surface area contributed by atoms with Crippen molar-refractivity contribution in [3.05, 3.63) is 83.4 Å². The van der Waals surface area contributed by atoms with Gasteiger partial charge in [0, 0.05) is 61.1 Å². The molecule has 0 spiro atoms. The number of ether oxygens (including phenoxy) is 1. The first-order valence-electron chi connectivity index (χ1n) is 14.5. The number of aromatic nitrogens is 1. The Labute approximate surface area is 256 Å². The Kier molecular flexibility index (Phi) is 9.29. The number of aliphatic hydroxyl groups is 1. The van der Waals surface area contributed by atoms with E-state index < -0.39 is 12.2 Å². The highest BCUT2D eigenvalue weighted by molar-refractivity contribution is 6.22. The van der Waals surface area contributed by atoms with Gasteiger partial charge in [-0.1, -0.05) is 12.1 Å². The van der Waals surface area contributed by atoms with Crippen LogP contribution in [0.25, 0.3) is 10.9 Å². The van der Waals surface area contributed by atoms with Crippen LogP contribution in [0.5, 0.6) is 5.88 Å². The number of likely N-dealkylation sites (N-methyl/N-ethyl adjacent to an activating group) is 2. The summed E-state index contributed by atoms with van der Waals surface area (Å²) in [6.07, 6.45) is -0.728. The summed E-state index contributed by atoms with van der Waals surface area (Å²) in [5, 5.41) is 24.4. The molecule has 1 aliphatic heterocycles. The Balaban J connectivity index is 1.49. The van der Waals surface area contributed by atoms with E-state index in [0.717, 1.165) is 31.9 Å². The zero-order chi connectivity index (χ0) is 31.4. The van der Waals surface area contributed by atoms with E-state index in [0.29, 0.717) is 51.2 Å². The molecule has 4 N–H and O–H groups in total. The Bertz CT molecular complexity index is 1650. The quantitative estimate of drug-likeness (QED) is 0.130. The summed E-state index contributed by atoms with van der Waals surface area (Å²) in [5.74, 6) is -0.576. The first-order valence-corrected chi connectivity index (χ1v) is 14.5. The van der Waals surface area contributed by atoms with Gasteiger partial charge < -0.3 is 35.1 Å². The molecule has 1 unspecified atom stereocenters. The molecule has 0 saturated carbocycles. The van der Waals surface area contributed by atoms with Crippen LogP contribution in [0.3, 0.4) is 0 Å². The van der Waals surface area contributed by atoms with Gasteiger partial charge in [-0.3, -0.25) is 9.69 Å². The fourth-order valence-corrected chi connectivity index (χ4v) is 5.22. The lowest BCUT2D eigenvalue weighted by Gasteiger charge is -2.32. The summed E-state index contributed by atoms with van der Waals surface area (Å²) in [7, 11) is 5.18. The topological polar surface area (TPSA) is 134 Å². The number of piperazine rings is 1. The fraction of sp³-hybridized carbons (Fsp3) is 0.303. The summed E-state index contributed by atoms with van der Waals surface area (Å²) in [5.41, 5.74) is 4.61. The first kappa shape index (κ1) is 30.7. The third kappa shape index (κ3) is 6.91. The van der Waals surface area contributed by atoms with Gasteiger partial charge in [0.05, 0.1) is 36.2 Å². The predicted molar refractivity (Wildman–Crippen MR) is 172 cm³/mol. The summed E-state index contributed by atoms with van der Waals surface area (Å²) in [6.45, 7) is 5.62.